The average Bonchev–Trinajstić information content (AvgIpc) is 3.27. The standard InChI is InChI=1S/C20H27N5O/c1-2-25-13-16(11-22-25)12-23-10-6-4-7-17-14-24(15-19(17)23)20(26)18-8-3-5-9-21-18/h3,5,8-9,11,13,17,19H,2,4,6-7,10,12,14-15H2,1H3/t17-,19+/m0/s1. The number of aromatic nitrogens is 3. The van der Waals surface area contributed by atoms with Crippen molar-refractivity contribution in [2.75, 3.05) is 19.6 Å². The zero-order chi connectivity index (χ0) is 17.9. The number of rotatable bonds is 4. The normalized spacial score (nSPS) is 23.7. The van der Waals surface area contributed by atoms with Crippen LogP contribution in [-0.2, 0) is 13.1 Å². The molecule has 0 radical (unpaired) electrons. The van der Waals surface area contributed by atoms with Crippen molar-refractivity contribution < 1.29 is 4.79 Å². The fourth-order valence-electron chi connectivity index (χ4n) is 4.35. The molecule has 2 aromatic rings. The summed E-state index contributed by atoms with van der Waals surface area (Å²) in [6.45, 7) is 6.69. The van der Waals surface area contributed by atoms with Gasteiger partial charge in [0, 0.05) is 50.2 Å². The highest BCUT2D eigenvalue weighted by Gasteiger charge is 2.39. The van der Waals surface area contributed by atoms with Gasteiger partial charge in [0.2, 0.25) is 0 Å². The van der Waals surface area contributed by atoms with E-state index in [1.807, 2.05) is 34.0 Å². The molecular weight excluding hydrogens is 326 g/mol. The molecule has 0 spiro atoms. The third kappa shape index (κ3) is 3.51. The minimum atomic E-state index is 0.0671. The SMILES string of the molecule is CCn1cc(CN2CCCC[C@H]3CN(C(=O)c4ccccn4)C[C@H]32)cn1. The van der Waals surface area contributed by atoms with Crippen molar-refractivity contribution in [3.05, 3.63) is 48.0 Å². The predicted octanol–water partition coefficient (Wildman–Crippen LogP) is 2.42. The molecule has 2 aliphatic heterocycles. The van der Waals surface area contributed by atoms with Crippen LogP contribution in [0.2, 0.25) is 0 Å². The fourth-order valence-corrected chi connectivity index (χ4v) is 4.35. The molecule has 6 heteroatoms. The number of carbonyl (C=O) groups excluding carboxylic acids is 1. The summed E-state index contributed by atoms with van der Waals surface area (Å²) < 4.78 is 1.98. The van der Waals surface area contributed by atoms with Crippen LogP contribution in [0.25, 0.3) is 0 Å². The van der Waals surface area contributed by atoms with Crippen molar-refractivity contribution in [2.24, 2.45) is 5.92 Å². The van der Waals surface area contributed by atoms with Crippen LogP contribution in [0.4, 0.5) is 0 Å². The Labute approximate surface area is 154 Å². The molecule has 4 heterocycles. The van der Waals surface area contributed by atoms with Crippen LogP contribution >= 0.6 is 0 Å². The van der Waals surface area contributed by atoms with E-state index in [1.165, 1.54) is 24.8 Å². The first kappa shape index (κ1) is 17.2. The molecule has 2 aliphatic rings. The number of fused-ring (bicyclic) bond motifs is 1. The number of amides is 1. The first-order chi connectivity index (χ1) is 12.7. The van der Waals surface area contributed by atoms with E-state index in [2.05, 4.69) is 28.1 Å². The predicted molar refractivity (Wildman–Crippen MR) is 99.6 cm³/mol. The van der Waals surface area contributed by atoms with Crippen molar-refractivity contribution in [3.63, 3.8) is 0 Å². The minimum absolute atomic E-state index is 0.0671. The lowest BCUT2D eigenvalue weighted by atomic mass is 9.98. The number of hydrogen-bond donors (Lipinski definition) is 0. The van der Waals surface area contributed by atoms with E-state index in [1.54, 1.807) is 6.20 Å². The van der Waals surface area contributed by atoms with Gasteiger partial charge >= 0.3 is 0 Å². The number of aryl methyl sites for hydroxylation is 1. The molecule has 0 bridgehead atoms. The number of nitrogens with zero attached hydrogens (tertiary/aromatic N) is 5. The highest BCUT2D eigenvalue weighted by Crippen LogP contribution is 2.31. The first-order valence-electron chi connectivity index (χ1n) is 9.70. The van der Waals surface area contributed by atoms with Crippen LogP contribution in [0.1, 0.15) is 42.2 Å². The summed E-state index contributed by atoms with van der Waals surface area (Å²) in [6.07, 6.45) is 9.52. The van der Waals surface area contributed by atoms with E-state index in [0.29, 0.717) is 17.7 Å². The molecule has 0 saturated carbocycles. The van der Waals surface area contributed by atoms with E-state index in [9.17, 15) is 4.79 Å². The van der Waals surface area contributed by atoms with E-state index in [-0.39, 0.29) is 5.91 Å². The molecule has 2 aromatic heterocycles. The summed E-state index contributed by atoms with van der Waals surface area (Å²) >= 11 is 0. The lowest BCUT2D eigenvalue weighted by Crippen LogP contribution is -2.40. The topological polar surface area (TPSA) is 54.3 Å². The Bertz CT molecular complexity index is 744. The zero-order valence-corrected chi connectivity index (χ0v) is 15.4. The van der Waals surface area contributed by atoms with Gasteiger partial charge in [-0.2, -0.15) is 5.10 Å². The molecule has 6 nitrogen and oxygen atoms in total. The minimum Gasteiger partial charge on any atom is -0.335 e. The third-order valence-corrected chi connectivity index (χ3v) is 5.71. The highest BCUT2D eigenvalue weighted by atomic mass is 16.2. The van der Waals surface area contributed by atoms with Gasteiger partial charge in [-0.3, -0.25) is 19.4 Å². The summed E-state index contributed by atoms with van der Waals surface area (Å²) in [5.74, 6) is 0.629. The molecule has 0 unspecified atom stereocenters. The summed E-state index contributed by atoms with van der Waals surface area (Å²) in [5.41, 5.74) is 1.82. The van der Waals surface area contributed by atoms with Crippen molar-refractivity contribution in [2.45, 2.75) is 45.3 Å². The lowest BCUT2D eigenvalue weighted by Gasteiger charge is -2.29. The van der Waals surface area contributed by atoms with Gasteiger partial charge < -0.3 is 4.90 Å². The Hall–Kier alpha value is -2.21. The highest BCUT2D eigenvalue weighted by molar-refractivity contribution is 5.92. The van der Waals surface area contributed by atoms with Crippen molar-refractivity contribution >= 4 is 5.91 Å². The quantitative estimate of drug-likeness (QED) is 0.847. The van der Waals surface area contributed by atoms with Gasteiger partial charge in [-0.15, -0.1) is 0 Å². The maximum absolute atomic E-state index is 12.8. The molecule has 0 aromatic carbocycles. The summed E-state index contributed by atoms with van der Waals surface area (Å²) in [6, 6.07) is 5.98. The van der Waals surface area contributed by atoms with E-state index < -0.39 is 0 Å². The van der Waals surface area contributed by atoms with Gasteiger partial charge in [0.25, 0.3) is 5.91 Å². The summed E-state index contributed by atoms with van der Waals surface area (Å²) in [5, 5.41) is 4.41. The van der Waals surface area contributed by atoms with Crippen LogP contribution < -0.4 is 0 Å². The maximum atomic E-state index is 12.8. The van der Waals surface area contributed by atoms with Crippen molar-refractivity contribution in [1.82, 2.24) is 24.6 Å². The van der Waals surface area contributed by atoms with Crippen molar-refractivity contribution in [3.8, 4) is 0 Å². The summed E-state index contributed by atoms with van der Waals surface area (Å²) in [7, 11) is 0. The largest absolute Gasteiger partial charge is 0.335 e. The van der Waals surface area contributed by atoms with Gasteiger partial charge in [0.05, 0.1) is 6.20 Å². The smallest absolute Gasteiger partial charge is 0.272 e. The molecule has 4 rings (SSSR count). The Morgan fingerprint density at radius 2 is 2.19 bits per heavy atom. The number of pyridine rings is 1. The molecule has 2 fully saturated rings. The monoisotopic (exact) mass is 353 g/mol. The molecule has 0 aliphatic carbocycles. The fraction of sp³-hybridized carbons (Fsp3) is 0.550. The van der Waals surface area contributed by atoms with Crippen LogP contribution in [0, 0.1) is 5.92 Å². The number of carbonyl (C=O) groups is 1. The Kier molecular flexibility index (Phi) is 5.02. The van der Waals surface area contributed by atoms with E-state index in [4.69, 9.17) is 0 Å². The first-order valence-corrected chi connectivity index (χ1v) is 9.70. The second-order valence-corrected chi connectivity index (χ2v) is 7.42. The molecule has 2 atom stereocenters. The maximum Gasteiger partial charge on any atom is 0.272 e. The van der Waals surface area contributed by atoms with E-state index >= 15 is 0 Å². The molecule has 2 saturated heterocycles. The zero-order valence-electron chi connectivity index (χ0n) is 15.4. The third-order valence-electron chi connectivity index (χ3n) is 5.71. The number of likely N-dealkylation sites (tertiary alicyclic amines) is 2. The number of hydrogen-bond acceptors (Lipinski definition) is 4. The van der Waals surface area contributed by atoms with Crippen LogP contribution in [0.3, 0.4) is 0 Å². The average molecular weight is 353 g/mol. The van der Waals surface area contributed by atoms with Gasteiger partial charge in [0.1, 0.15) is 5.69 Å². The van der Waals surface area contributed by atoms with Crippen LogP contribution in [0.15, 0.2) is 36.8 Å². The van der Waals surface area contributed by atoms with Gasteiger partial charge in [-0.05, 0) is 44.4 Å². The van der Waals surface area contributed by atoms with Gasteiger partial charge in [0.15, 0.2) is 0 Å². The summed E-state index contributed by atoms with van der Waals surface area (Å²) in [4.78, 5) is 21.6. The van der Waals surface area contributed by atoms with Crippen molar-refractivity contribution in [1.29, 1.82) is 0 Å². The van der Waals surface area contributed by atoms with Crippen LogP contribution in [0.5, 0.6) is 0 Å². The van der Waals surface area contributed by atoms with Gasteiger partial charge in [-0.25, -0.2) is 0 Å². The van der Waals surface area contributed by atoms with E-state index in [0.717, 1.165) is 32.7 Å². The molecule has 1 amide bonds. The molecule has 0 N–H and O–H groups in total. The molecular formula is C20H27N5O. The Morgan fingerprint density at radius 1 is 1.27 bits per heavy atom. The van der Waals surface area contributed by atoms with Crippen LogP contribution in [-0.4, -0.2) is 56.1 Å². The Morgan fingerprint density at radius 3 is 2.96 bits per heavy atom. The lowest BCUT2D eigenvalue weighted by molar-refractivity contribution is 0.0767. The van der Waals surface area contributed by atoms with Gasteiger partial charge in [-0.1, -0.05) is 12.5 Å². The molecule has 26 heavy (non-hydrogen) atoms. The second-order valence-electron chi connectivity index (χ2n) is 7.42. The molecule has 138 valence electrons. The Balaban J connectivity index is 1.48. The second kappa shape index (κ2) is 7.58.